The molecule has 2 N–H and O–H groups in total. The molecule has 1 atom stereocenters. The van der Waals surface area contributed by atoms with Gasteiger partial charge in [-0.25, -0.2) is 4.79 Å². The van der Waals surface area contributed by atoms with Crippen LogP contribution in [0.5, 0.6) is 0 Å². The molecule has 4 heteroatoms. The van der Waals surface area contributed by atoms with Gasteiger partial charge >= 0.3 is 5.97 Å². The molecule has 0 saturated carbocycles. The van der Waals surface area contributed by atoms with Gasteiger partial charge in [-0.15, -0.1) is 0 Å². The fourth-order valence-corrected chi connectivity index (χ4v) is 2.03. The van der Waals surface area contributed by atoms with Crippen LogP contribution in [-0.4, -0.2) is 17.1 Å². The summed E-state index contributed by atoms with van der Waals surface area (Å²) in [6.07, 6.45) is 7.68. The molecule has 0 aliphatic heterocycles. The molecule has 0 bridgehead atoms. The first kappa shape index (κ1) is 11.9. The molecule has 0 aromatic carbocycles. The molecule has 17 heavy (non-hydrogen) atoms. The Morgan fingerprint density at radius 2 is 2.41 bits per heavy atom. The van der Waals surface area contributed by atoms with Gasteiger partial charge in [-0.2, -0.15) is 0 Å². The van der Waals surface area contributed by atoms with E-state index >= 15 is 0 Å². The minimum Gasteiger partial charge on any atom is -0.475 e. The molecule has 2 rings (SSSR count). The highest BCUT2D eigenvalue weighted by atomic mass is 16.4. The second kappa shape index (κ2) is 5.19. The normalized spacial score (nSPS) is 19.5. The van der Waals surface area contributed by atoms with Crippen molar-refractivity contribution in [2.45, 2.75) is 38.8 Å². The monoisotopic (exact) mass is 235 g/mol. The van der Waals surface area contributed by atoms with E-state index in [-0.39, 0.29) is 5.76 Å². The second-order valence-electron chi connectivity index (χ2n) is 4.36. The van der Waals surface area contributed by atoms with Gasteiger partial charge in [0.25, 0.3) is 0 Å². The van der Waals surface area contributed by atoms with Crippen molar-refractivity contribution in [1.82, 2.24) is 5.32 Å². The molecule has 1 aromatic heterocycles. The van der Waals surface area contributed by atoms with Gasteiger partial charge in [0.15, 0.2) is 0 Å². The Hall–Kier alpha value is -1.55. The number of furan rings is 1. The Kier molecular flexibility index (Phi) is 3.64. The van der Waals surface area contributed by atoms with Crippen LogP contribution < -0.4 is 5.32 Å². The van der Waals surface area contributed by atoms with Crippen LogP contribution in [0.1, 0.15) is 41.1 Å². The molecule has 4 nitrogen and oxygen atoms in total. The quantitative estimate of drug-likeness (QED) is 0.787. The molecule has 1 aliphatic rings. The third-order valence-electron chi connectivity index (χ3n) is 3.08. The minimum absolute atomic E-state index is 0.0165. The predicted molar refractivity (Wildman–Crippen MR) is 64.0 cm³/mol. The average Bonchev–Trinajstić information content (AvgIpc) is 2.70. The van der Waals surface area contributed by atoms with Gasteiger partial charge in [0.2, 0.25) is 5.76 Å². The number of hydrogen-bond acceptors (Lipinski definition) is 3. The maximum absolute atomic E-state index is 10.7. The zero-order valence-corrected chi connectivity index (χ0v) is 9.90. The average molecular weight is 235 g/mol. The van der Waals surface area contributed by atoms with Gasteiger partial charge in [-0.1, -0.05) is 12.2 Å². The number of carboxylic acids is 1. The number of rotatable bonds is 4. The standard InChI is InChI=1S/C13H17NO3/c1-9-10(7-12(17-9)13(15)16)8-14-11-5-3-2-4-6-11/h2-3,7,11,14H,4-6,8H2,1H3,(H,15,16). The van der Waals surface area contributed by atoms with E-state index in [2.05, 4.69) is 17.5 Å². The van der Waals surface area contributed by atoms with Gasteiger partial charge in [0, 0.05) is 18.2 Å². The van der Waals surface area contributed by atoms with E-state index in [1.807, 2.05) is 0 Å². The largest absolute Gasteiger partial charge is 0.475 e. The Morgan fingerprint density at radius 3 is 3.00 bits per heavy atom. The van der Waals surface area contributed by atoms with E-state index in [0.29, 0.717) is 18.3 Å². The van der Waals surface area contributed by atoms with Gasteiger partial charge < -0.3 is 14.8 Å². The number of allylic oxidation sites excluding steroid dienone is 1. The summed E-state index contributed by atoms with van der Waals surface area (Å²) in [5.74, 6) is -0.316. The summed E-state index contributed by atoms with van der Waals surface area (Å²) in [6, 6.07) is 2.09. The smallest absolute Gasteiger partial charge is 0.371 e. The van der Waals surface area contributed by atoms with Crippen LogP contribution in [0.4, 0.5) is 0 Å². The zero-order valence-electron chi connectivity index (χ0n) is 9.90. The number of carboxylic acid groups (broad SMARTS) is 1. The van der Waals surface area contributed by atoms with Crippen molar-refractivity contribution in [1.29, 1.82) is 0 Å². The van der Waals surface area contributed by atoms with E-state index in [4.69, 9.17) is 9.52 Å². The van der Waals surface area contributed by atoms with Crippen molar-refractivity contribution in [3.63, 3.8) is 0 Å². The van der Waals surface area contributed by atoms with E-state index in [1.165, 1.54) is 0 Å². The molecule has 1 heterocycles. The number of carbonyl (C=O) groups is 1. The Morgan fingerprint density at radius 1 is 1.59 bits per heavy atom. The number of hydrogen-bond donors (Lipinski definition) is 2. The fourth-order valence-electron chi connectivity index (χ4n) is 2.03. The molecule has 1 aromatic rings. The molecule has 0 spiro atoms. The third kappa shape index (κ3) is 2.97. The first-order valence-corrected chi connectivity index (χ1v) is 5.88. The predicted octanol–water partition coefficient (Wildman–Crippen LogP) is 2.48. The maximum Gasteiger partial charge on any atom is 0.371 e. The molecule has 0 fully saturated rings. The van der Waals surface area contributed by atoms with Crippen LogP contribution in [0.3, 0.4) is 0 Å². The van der Waals surface area contributed by atoms with Crippen LogP contribution in [0, 0.1) is 6.92 Å². The molecule has 92 valence electrons. The molecular weight excluding hydrogens is 218 g/mol. The summed E-state index contributed by atoms with van der Waals surface area (Å²) in [5, 5.41) is 12.2. The molecule has 1 unspecified atom stereocenters. The Labute approximate surface area is 100 Å². The summed E-state index contributed by atoms with van der Waals surface area (Å²) < 4.78 is 5.16. The Bertz CT molecular complexity index is 434. The van der Waals surface area contributed by atoms with Gasteiger partial charge in [-0.05, 0) is 32.3 Å². The lowest BCUT2D eigenvalue weighted by atomic mass is 10.0. The minimum atomic E-state index is -1.01. The molecule has 0 radical (unpaired) electrons. The van der Waals surface area contributed by atoms with E-state index in [1.54, 1.807) is 13.0 Å². The molecular formula is C13H17NO3. The number of aromatic carboxylic acids is 1. The second-order valence-corrected chi connectivity index (χ2v) is 4.36. The zero-order chi connectivity index (χ0) is 12.3. The van der Waals surface area contributed by atoms with E-state index in [9.17, 15) is 4.79 Å². The summed E-state index contributed by atoms with van der Waals surface area (Å²) in [6.45, 7) is 2.46. The Balaban J connectivity index is 1.94. The topological polar surface area (TPSA) is 62.5 Å². The van der Waals surface area contributed by atoms with Gasteiger partial charge in [0.05, 0.1) is 0 Å². The summed E-state index contributed by atoms with van der Waals surface area (Å²) in [4.78, 5) is 10.7. The van der Waals surface area contributed by atoms with Crippen molar-refractivity contribution in [3.8, 4) is 0 Å². The SMILES string of the molecule is Cc1oc(C(=O)O)cc1CNC1CC=CCC1. The lowest BCUT2D eigenvalue weighted by Crippen LogP contribution is -2.29. The van der Waals surface area contributed by atoms with Gasteiger partial charge in [0.1, 0.15) is 5.76 Å². The van der Waals surface area contributed by atoms with E-state index < -0.39 is 5.97 Å². The van der Waals surface area contributed by atoms with Crippen LogP contribution in [0.15, 0.2) is 22.6 Å². The summed E-state index contributed by atoms with van der Waals surface area (Å²) in [5.41, 5.74) is 0.928. The van der Waals surface area contributed by atoms with Crippen LogP contribution >= 0.6 is 0 Å². The summed E-state index contributed by atoms with van der Waals surface area (Å²) >= 11 is 0. The summed E-state index contributed by atoms with van der Waals surface area (Å²) in [7, 11) is 0. The fraction of sp³-hybridized carbons (Fsp3) is 0.462. The van der Waals surface area contributed by atoms with Crippen LogP contribution in [0.2, 0.25) is 0 Å². The van der Waals surface area contributed by atoms with Crippen molar-refractivity contribution in [2.24, 2.45) is 0 Å². The van der Waals surface area contributed by atoms with Crippen molar-refractivity contribution in [2.75, 3.05) is 0 Å². The number of nitrogens with one attached hydrogen (secondary N) is 1. The van der Waals surface area contributed by atoms with Crippen molar-refractivity contribution in [3.05, 3.63) is 35.3 Å². The lowest BCUT2D eigenvalue weighted by Gasteiger charge is -2.18. The third-order valence-corrected chi connectivity index (χ3v) is 3.08. The van der Waals surface area contributed by atoms with E-state index in [0.717, 1.165) is 24.8 Å². The molecule has 0 saturated heterocycles. The molecule has 0 amide bonds. The lowest BCUT2D eigenvalue weighted by molar-refractivity contribution is 0.0661. The first-order chi connectivity index (χ1) is 8.16. The van der Waals surface area contributed by atoms with Gasteiger partial charge in [-0.3, -0.25) is 0 Å². The highest BCUT2D eigenvalue weighted by Gasteiger charge is 2.14. The van der Waals surface area contributed by atoms with Crippen molar-refractivity contribution >= 4 is 5.97 Å². The first-order valence-electron chi connectivity index (χ1n) is 5.88. The highest BCUT2D eigenvalue weighted by molar-refractivity contribution is 5.84. The molecule has 1 aliphatic carbocycles. The number of aryl methyl sites for hydroxylation is 1. The highest BCUT2D eigenvalue weighted by Crippen LogP contribution is 2.16. The van der Waals surface area contributed by atoms with Crippen molar-refractivity contribution < 1.29 is 14.3 Å². The van der Waals surface area contributed by atoms with Crippen LogP contribution in [0.25, 0.3) is 0 Å². The maximum atomic E-state index is 10.7. The van der Waals surface area contributed by atoms with Crippen LogP contribution in [-0.2, 0) is 6.54 Å².